The van der Waals surface area contributed by atoms with Crippen LogP contribution in [0.25, 0.3) is 0 Å². The molecule has 1 saturated heterocycles. The number of carbonyl (C=O) groups excluding carboxylic acids is 1. The molecular formula is C20H26FN5O2. The van der Waals surface area contributed by atoms with Crippen molar-refractivity contribution in [1.29, 1.82) is 0 Å². The van der Waals surface area contributed by atoms with Crippen LogP contribution >= 0.6 is 0 Å². The Kier molecular flexibility index (Phi) is 5.49. The van der Waals surface area contributed by atoms with E-state index in [1.807, 2.05) is 26.0 Å². The van der Waals surface area contributed by atoms with Crippen molar-refractivity contribution in [3.05, 3.63) is 41.6 Å². The number of nitrogens with one attached hydrogen (secondary N) is 1. The van der Waals surface area contributed by atoms with Crippen LogP contribution < -0.4 is 10.2 Å². The minimum Gasteiger partial charge on any atom is -0.447 e. The molecule has 0 aromatic carbocycles. The first kappa shape index (κ1) is 20.0. The largest absolute Gasteiger partial charge is 0.447 e. The Morgan fingerprint density at radius 3 is 2.64 bits per heavy atom. The predicted octanol–water partition coefficient (Wildman–Crippen LogP) is 3.90. The van der Waals surface area contributed by atoms with Crippen LogP contribution in [0.2, 0.25) is 0 Å². The first-order valence-electron chi connectivity index (χ1n) is 9.34. The average molecular weight is 387 g/mol. The maximum absolute atomic E-state index is 14.3. The van der Waals surface area contributed by atoms with E-state index in [1.54, 1.807) is 6.20 Å². The van der Waals surface area contributed by atoms with E-state index in [0.29, 0.717) is 6.54 Å². The van der Waals surface area contributed by atoms with E-state index in [0.717, 1.165) is 17.5 Å². The lowest BCUT2D eigenvalue weighted by Crippen LogP contribution is -2.38. The molecule has 3 rings (SSSR count). The number of ether oxygens (including phenoxy) is 1. The second-order valence-corrected chi connectivity index (χ2v) is 8.28. The van der Waals surface area contributed by atoms with Crippen molar-refractivity contribution in [3.8, 4) is 0 Å². The average Bonchev–Trinajstić information content (AvgIpc) is 3.02. The fourth-order valence-electron chi connectivity index (χ4n) is 2.94. The summed E-state index contributed by atoms with van der Waals surface area (Å²) in [5.74, 6) is -0.394. The Labute approximate surface area is 164 Å². The van der Waals surface area contributed by atoms with Crippen molar-refractivity contribution in [2.24, 2.45) is 5.92 Å². The van der Waals surface area contributed by atoms with Crippen LogP contribution in [0.5, 0.6) is 0 Å². The van der Waals surface area contributed by atoms with Crippen LogP contribution in [0.15, 0.2) is 24.5 Å². The lowest BCUT2D eigenvalue weighted by molar-refractivity contribution is 0.177. The van der Waals surface area contributed by atoms with E-state index in [1.165, 1.54) is 4.90 Å². The molecule has 1 aliphatic rings. The van der Waals surface area contributed by atoms with Crippen LogP contribution in [0.3, 0.4) is 0 Å². The van der Waals surface area contributed by atoms with Gasteiger partial charge in [-0.15, -0.1) is 0 Å². The number of hydrogen-bond donors (Lipinski definition) is 1. The zero-order valence-corrected chi connectivity index (χ0v) is 16.9. The number of rotatable bonds is 5. The molecule has 0 spiro atoms. The second-order valence-electron chi connectivity index (χ2n) is 8.28. The highest BCUT2D eigenvalue weighted by molar-refractivity contribution is 5.89. The Bertz CT molecular complexity index is 849. The number of amides is 1. The topological polar surface area (TPSA) is 80.2 Å². The van der Waals surface area contributed by atoms with Crippen LogP contribution in [0, 0.1) is 11.7 Å². The van der Waals surface area contributed by atoms with Gasteiger partial charge in [0.05, 0.1) is 12.2 Å². The summed E-state index contributed by atoms with van der Waals surface area (Å²) < 4.78 is 19.4. The molecule has 1 atom stereocenters. The Morgan fingerprint density at radius 2 is 2.04 bits per heavy atom. The first-order valence-corrected chi connectivity index (χ1v) is 9.34. The van der Waals surface area contributed by atoms with Crippen molar-refractivity contribution in [2.75, 3.05) is 16.8 Å². The molecule has 2 aromatic rings. The molecule has 1 amide bonds. The van der Waals surface area contributed by atoms with Crippen molar-refractivity contribution in [3.63, 3.8) is 0 Å². The number of carbonyl (C=O) groups is 1. The van der Waals surface area contributed by atoms with E-state index < -0.39 is 11.9 Å². The van der Waals surface area contributed by atoms with Gasteiger partial charge in [0.25, 0.3) is 0 Å². The smallest absolute Gasteiger partial charge is 0.416 e. The van der Waals surface area contributed by atoms with Gasteiger partial charge in [0.15, 0.2) is 11.6 Å². The third kappa shape index (κ3) is 4.21. The molecule has 0 saturated carbocycles. The van der Waals surface area contributed by atoms with Crippen molar-refractivity contribution >= 4 is 17.9 Å². The minimum atomic E-state index is -0.661. The third-order valence-corrected chi connectivity index (χ3v) is 4.67. The minimum absolute atomic E-state index is 0.0157. The number of pyridine rings is 1. The number of hydrogen-bond acceptors (Lipinski definition) is 6. The maximum Gasteiger partial charge on any atom is 0.416 e. The van der Waals surface area contributed by atoms with E-state index in [9.17, 15) is 9.18 Å². The monoisotopic (exact) mass is 387 g/mol. The van der Waals surface area contributed by atoms with Crippen LogP contribution in [0.1, 0.15) is 45.9 Å². The molecule has 7 nitrogen and oxygen atoms in total. The summed E-state index contributed by atoms with van der Waals surface area (Å²) in [6.45, 7) is 10.9. The molecule has 0 radical (unpaired) electrons. The van der Waals surface area contributed by atoms with Gasteiger partial charge < -0.3 is 10.1 Å². The molecule has 1 fully saturated rings. The van der Waals surface area contributed by atoms with Gasteiger partial charge in [-0.3, -0.25) is 9.88 Å². The summed E-state index contributed by atoms with van der Waals surface area (Å²) >= 11 is 0. The lowest BCUT2D eigenvalue weighted by Gasteiger charge is -2.23. The number of aromatic nitrogens is 3. The zero-order valence-electron chi connectivity index (χ0n) is 16.9. The molecule has 0 bridgehead atoms. The number of cyclic esters (lactones) is 1. The summed E-state index contributed by atoms with van der Waals surface area (Å²) in [5.41, 5.74) is 1.94. The molecule has 0 aliphatic carbocycles. The SMILES string of the molecule is CC(C)C1COC(=O)N1c1nc(NCc2ccc(C(C)(C)C)nc2)ncc1F. The highest BCUT2D eigenvalue weighted by Crippen LogP contribution is 2.28. The van der Waals surface area contributed by atoms with E-state index in [2.05, 4.69) is 41.0 Å². The first-order chi connectivity index (χ1) is 13.2. The normalized spacial score (nSPS) is 17.2. The molecular weight excluding hydrogens is 361 g/mol. The Balaban J connectivity index is 1.76. The van der Waals surface area contributed by atoms with Gasteiger partial charge in [-0.05, 0) is 17.5 Å². The molecule has 1 unspecified atom stereocenters. The molecule has 2 aromatic heterocycles. The molecule has 1 N–H and O–H groups in total. The number of halogens is 1. The summed E-state index contributed by atoms with van der Waals surface area (Å²) in [6, 6.07) is 3.71. The lowest BCUT2D eigenvalue weighted by atomic mass is 9.91. The fraction of sp³-hybridized carbons (Fsp3) is 0.500. The van der Waals surface area contributed by atoms with Gasteiger partial charge >= 0.3 is 6.09 Å². The highest BCUT2D eigenvalue weighted by atomic mass is 19.1. The van der Waals surface area contributed by atoms with Gasteiger partial charge in [-0.1, -0.05) is 40.7 Å². The summed E-state index contributed by atoms with van der Waals surface area (Å²) in [4.78, 5) is 26.0. The summed E-state index contributed by atoms with van der Waals surface area (Å²) in [5, 5.41) is 3.06. The highest BCUT2D eigenvalue weighted by Gasteiger charge is 2.38. The van der Waals surface area contributed by atoms with Crippen molar-refractivity contribution in [1.82, 2.24) is 15.0 Å². The van der Waals surface area contributed by atoms with Crippen LogP contribution in [0.4, 0.5) is 21.0 Å². The standard InChI is InChI=1S/C20H26FN5O2/c1-12(2)15-11-28-19(27)26(15)17-14(21)10-24-18(25-17)23-9-13-6-7-16(22-8-13)20(3,4)5/h6-8,10,12,15H,9,11H2,1-5H3,(H,23,24,25). The molecule has 1 aliphatic heterocycles. The summed E-state index contributed by atoms with van der Waals surface area (Å²) in [7, 11) is 0. The zero-order chi connectivity index (χ0) is 20.5. The van der Waals surface area contributed by atoms with Gasteiger partial charge in [-0.25, -0.2) is 14.2 Å². The number of nitrogens with zero attached hydrogens (tertiary/aromatic N) is 4. The van der Waals surface area contributed by atoms with Gasteiger partial charge in [0.2, 0.25) is 5.95 Å². The Morgan fingerprint density at radius 1 is 1.29 bits per heavy atom. The fourth-order valence-corrected chi connectivity index (χ4v) is 2.94. The van der Waals surface area contributed by atoms with Crippen molar-refractivity contribution < 1.29 is 13.9 Å². The number of anilines is 2. The van der Waals surface area contributed by atoms with Crippen molar-refractivity contribution in [2.45, 2.75) is 52.6 Å². The van der Waals surface area contributed by atoms with E-state index in [-0.39, 0.29) is 35.7 Å². The molecule has 28 heavy (non-hydrogen) atoms. The Hall–Kier alpha value is -2.77. The van der Waals surface area contributed by atoms with E-state index in [4.69, 9.17) is 4.74 Å². The predicted molar refractivity (Wildman–Crippen MR) is 105 cm³/mol. The second kappa shape index (κ2) is 7.69. The maximum atomic E-state index is 14.3. The molecule has 8 heteroatoms. The van der Waals surface area contributed by atoms with Crippen LogP contribution in [-0.2, 0) is 16.7 Å². The van der Waals surface area contributed by atoms with E-state index >= 15 is 0 Å². The van der Waals surface area contributed by atoms with Gasteiger partial charge in [0, 0.05) is 23.9 Å². The van der Waals surface area contributed by atoms with Crippen LogP contribution in [-0.4, -0.2) is 33.7 Å². The third-order valence-electron chi connectivity index (χ3n) is 4.67. The molecule has 3 heterocycles. The quantitative estimate of drug-likeness (QED) is 0.838. The van der Waals surface area contributed by atoms with Gasteiger partial charge in [0.1, 0.15) is 6.61 Å². The molecule has 150 valence electrons. The van der Waals surface area contributed by atoms with Gasteiger partial charge in [-0.2, -0.15) is 4.98 Å². The summed E-state index contributed by atoms with van der Waals surface area (Å²) in [6.07, 6.45) is 2.27.